The number of hydrogen-bond acceptors (Lipinski definition) is 4. The minimum absolute atomic E-state index is 0. The van der Waals surface area contributed by atoms with Gasteiger partial charge in [-0.1, -0.05) is 177 Å². The molecule has 6 nitrogen and oxygen atoms in total. The Morgan fingerprint density at radius 1 is 0.616 bits per heavy atom. The van der Waals surface area contributed by atoms with Crippen molar-refractivity contribution in [1.29, 1.82) is 0 Å². The number of furan rings is 1. The number of rotatable bonds is 10. The molecule has 372 valence electrons. The Hall–Kier alpha value is -6.32. The molecule has 0 aliphatic rings. The van der Waals surface area contributed by atoms with Crippen molar-refractivity contribution in [3.63, 3.8) is 0 Å². The van der Waals surface area contributed by atoms with Crippen LogP contribution in [0.1, 0.15) is 77.0 Å². The van der Waals surface area contributed by atoms with E-state index in [1.165, 1.54) is 27.4 Å². The number of nitrogens with zero attached hydrogens (tertiary/aromatic N) is 4. The van der Waals surface area contributed by atoms with Gasteiger partial charge in [-0.25, -0.2) is 4.98 Å². The molecule has 0 aliphatic carbocycles. The number of imidazole rings is 1. The Morgan fingerprint density at radius 3 is 1.88 bits per heavy atom. The Bertz CT molecular complexity index is 3850. The van der Waals surface area contributed by atoms with Crippen LogP contribution in [0, 0.1) is 6.07 Å². The molecule has 4 heterocycles. The first kappa shape index (κ1) is 50.2. The predicted octanol–water partition coefficient (Wildman–Crippen LogP) is 16.5. The summed E-state index contributed by atoms with van der Waals surface area (Å²) in [7, 11) is -3.96. The van der Waals surface area contributed by atoms with Crippen molar-refractivity contribution in [2.45, 2.75) is 105 Å². The molecule has 7 aromatic carbocycles. The molecule has 0 saturated heterocycles. The van der Waals surface area contributed by atoms with Gasteiger partial charge in [0.25, 0.3) is 0 Å². The minimum atomic E-state index is -2.06. The van der Waals surface area contributed by atoms with Crippen LogP contribution >= 0.6 is 0 Å². The topological polar surface area (TPSA) is 69.0 Å². The van der Waals surface area contributed by atoms with Gasteiger partial charge < -0.3 is 14.1 Å². The second-order valence-corrected chi connectivity index (χ2v) is 33.7. The molecule has 73 heavy (non-hydrogen) atoms. The van der Waals surface area contributed by atoms with Gasteiger partial charge in [0.1, 0.15) is 17.2 Å². The number of hydrogen-bond donors (Lipinski definition) is 1. The summed E-state index contributed by atoms with van der Waals surface area (Å²) in [5, 5.41) is 17.4. The van der Waals surface area contributed by atoms with E-state index in [1.807, 2.05) is 12.3 Å². The summed E-state index contributed by atoms with van der Waals surface area (Å²) in [5.74, 6) is 1.44. The smallest absolute Gasteiger partial charge is 0.154 e. The average molecular weight is 1170 g/mol. The van der Waals surface area contributed by atoms with E-state index >= 15 is 0 Å². The summed E-state index contributed by atoms with van der Waals surface area (Å²) >= 11 is 0. The zero-order valence-electron chi connectivity index (χ0n) is 44.4. The molecule has 9 heteroatoms. The largest absolute Gasteiger partial charge is 0.507 e. The van der Waals surface area contributed by atoms with Crippen molar-refractivity contribution in [2.24, 2.45) is 0 Å². The fourth-order valence-corrected chi connectivity index (χ4v) is 13.5. The van der Waals surface area contributed by atoms with Crippen LogP contribution in [0.25, 0.3) is 100 Å². The summed E-state index contributed by atoms with van der Waals surface area (Å²) in [6.07, 6.45) is 1.88. The number of aromatic hydroxyl groups is 1. The fourth-order valence-electron chi connectivity index (χ4n) is 10.8. The number of phenols is 1. The van der Waals surface area contributed by atoms with Crippen LogP contribution in [0.5, 0.6) is 5.75 Å². The molecule has 1 N–H and O–H groups in total. The molecule has 0 saturated carbocycles. The van der Waals surface area contributed by atoms with Gasteiger partial charge in [-0.15, -0.1) is 29.3 Å². The molecule has 0 amide bonds. The maximum atomic E-state index is 12.8. The molecule has 4 aromatic heterocycles. The third-order valence-corrected chi connectivity index (χ3v) is 18.7. The number of aromatic nitrogens is 4. The maximum Gasteiger partial charge on any atom is 0.154 e. The molecular formula is C64H65N4O2PtSi2-. The minimum Gasteiger partial charge on any atom is -0.507 e. The van der Waals surface area contributed by atoms with Crippen LogP contribution in [-0.2, 0) is 26.5 Å². The summed E-state index contributed by atoms with van der Waals surface area (Å²) < 4.78 is 11.2. The van der Waals surface area contributed by atoms with E-state index in [-0.39, 0.29) is 38.3 Å². The van der Waals surface area contributed by atoms with Crippen molar-refractivity contribution >= 4 is 70.5 Å². The van der Waals surface area contributed by atoms with Crippen LogP contribution in [0.3, 0.4) is 0 Å². The Balaban J connectivity index is 0.00000611. The Morgan fingerprint density at radius 2 is 1.25 bits per heavy atom. The van der Waals surface area contributed by atoms with Crippen molar-refractivity contribution in [1.82, 2.24) is 19.1 Å². The molecular weight excluding hydrogens is 1110 g/mol. The van der Waals surface area contributed by atoms with Gasteiger partial charge in [0.15, 0.2) is 5.58 Å². The van der Waals surface area contributed by atoms with Crippen LogP contribution in [0.2, 0.25) is 39.3 Å². The van der Waals surface area contributed by atoms with Gasteiger partial charge in [-0.3, -0.25) is 9.55 Å². The third-order valence-electron chi connectivity index (χ3n) is 14.7. The first-order chi connectivity index (χ1) is 34.2. The first-order valence-electron chi connectivity index (χ1n) is 25.6. The molecule has 0 spiro atoms. The zero-order chi connectivity index (χ0) is 50.8. The van der Waals surface area contributed by atoms with E-state index in [0.29, 0.717) is 5.75 Å². The van der Waals surface area contributed by atoms with Crippen molar-refractivity contribution in [3.05, 3.63) is 162 Å². The number of benzene rings is 7. The van der Waals surface area contributed by atoms with E-state index in [4.69, 9.17) is 14.4 Å². The van der Waals surface area contributed by atoms with Crippen molar-refractivity contribution < 1.29 is 30.6 Å². The average Bonchev–Trinajstić information content (AvgIpc) is 4.04. The number of para-hydroxylation sites is 2. The van der Waals surface area contributed by atoms with Gasteiger partial charge in [-0.05, 0) is 93.2 Å². The molecule has 0 fully saturated rings. The first-order valence-corrected chi connectivity index (χ1v) is 32.6. The SMILES string of the molecule is CC(C)c1cc(-c2ccccc2)cc(C(C)C)c1-n1c(-c2cc([Si](C)(C)C)cc([Si](C)(C)C)c2O)nc2c(-c3[c-]c(-c4ncc5oc6cccc7c6c5c4n7-c4ccccc4)cc(C(C)(C)C)c3)cccc21.[Pt]. The van der Waals surface area contributed by atoms with Crippen molar-refractivity contribution in [2.75, 3.05) is 0 Å². The normalized spacial score (nSPS) is 12.6. The molecule has 11 aromatic rings. The predicted molar refractivity (Wildman–Crippen MR) is 309 cm³/mol. The number of phenolic OH excluding ortho intramolecular Hbond substituents is 1. The molecule has 0 radical (unpaired) electrons. The Labute approximate surface area is 446 Å². The Kier molecular flexibility index (Phi) is 12.6. The second kappa shape index (κ2) is 18.3. The van der Waals surface area contributed by atoms with Crippen LogP contribution in [0.15, 0.2) is 144 Å². The van der Waals surface area contributed by atoms with Gasteiger partial charge in [0, 0.05) is 32.4 Å². The fraction of sp³-hybridized carbons (Fsp3) is 0.250. The standard InChI is InChI=1S/C64H65N4O2Si2.Pt/c1-38(2)48-33-41(40-22-16-14-17-23-40)34-49(39(3)4)60(48)68-52-28-20-26-47(59(52)66-63(68)50-35-46(71(8,9)10)36-55(62(50)69)72(11,12)13)42-30-43(32-44(31-42)64(5,6)7)58-61-57-54(37-65-58)70-53-29-21-27-51(56(53)57)67(61)45-24-18-15-19-25-45;/h14-29,31-39,69H,1-13H3;/q-1;. The second-order valence-electron chi connectivity index (χ2n) is 23.6. The molecule has 0 atom stereocenters. The van der Waals surface area contributed by atoms with E-state index < -0.39 is 16.1 Å². The third kappa shape index (κ3) is 8.53. The van der Waals surface area contributed by atoms with E-state index in [0.717, 1.165) is 99.9 Å². The quantitative estimate of drug-likeness (QED) is 0.109. The summed E-state index contributed by atoms with van der Waals surface area (Å²) in [4.78, 5) is 11.1. The summed E-state index contributed by atoms with van der Waals surface area (Å²) in [6.45, 7) is 30.2. The van der Waals surface area contributed by atoms with Crippen LogP contribution in [0.4, 0.5) is 0 Å². The van der Waals surface area contributed by atoms with Gasteiger partial charge >= 0.3 is 0 Å². The summed E-state index contributed by atoms with van der Waals surface area (Å²) in [6, 6.07) is 52.1. The van der Waals surface area contributed by atoms with Gasteiger partial charge in [0.2, 0.25) is 0 Å². The zero-order valence-corrected chi connectivity index (χ0v) is 48.7. The monoisotopic (exact) mass is 1170 g/mol. The van der Waals surface area contributed by atoms with Gasteiger partial charge in [-0.2, -0.15) is 0 Å². The maximum absolute atomic E-state index is 12.8. The van der Waals surface area contributed by atoms with E-state index in [9.17, 15) is 5.11 Å². The molecule has 11 rings (SSSR count). The number of fused-ring (bicyclic) bond motifs is 1. The van der Waals surface area contributed by atoms with Crippen LogP contribution < -0.4 is 10.4 Å². The van der Waals surface area contributed by atoms with Gasteiger partial charge in [0.05, 0.1) is 66.4 Å². The van der Waals surface area contributed by atoms with Crippen LogP contribution in [-0.4, -0.2) is 40.4 Å². The van der Waals surface area contributed by atoms with E-state index in [2.05, 4.69) is 230 Å². The molecule has 0 aliphatic heterocycles. The molecule has 0 unspecified atom stereocenters. The number of pyridine rings is 1. The van der Waals surface area contributed by atoms with E-state index in [1.54, 1.807) is 0 Å². The summed E-state index contributed by atoms with van der Waals surface area (Å²) in [5.41, 5.74) is 17.9. The van der Waals surface area contributed by atoms with Crippen molar-refractivity contribution in [3.8, 4) is 62.0 Å². The molecule has 0 bridgehead atoms.